The molecule has 3 heterocycles. The second kappa shape index (κ2) is 6.57. The van der Waals surface area contributed by atoms with Gasteiger partial charge in [0.15, 0.2) is 11.5 Å². The Balaban J connectivity index is 1.77. The van der Waals surface area contributed by atoms with Crippen molar-refractivity contribution in [3.8, 4) is 22.3 Å². The van der Waals surface area contributed by atoms with Gasteiger partial charge in [-0.15, -0.1) is 11.3 Å². The molecule has 0 radical (unpaired) electrons. The van der Waals surface area contributed by atoms with Crippen molar-refractivity contribution in [3.63, 3.8) is 0 Å². The van der Waals surface area contributed by atoms with Gasteiger partial charge in [-0.2, -0.15) is 0 Å². The zero-order valence-electron chi connectivity index (χ0n) is 13.5. The summed E-state index contributed by atoms with van der Waals surface area (Å²) in [5.41, 5.74) is 1.32. The molecule has 25 heavy (non-hydrogen) atoms. The highest BCUT2D eigenvalue weighted by Gasteiger charge is 2.22. The van der Waals surface area contributed by atoms with Gasteiger partial charge in [0, 0.05) is 5.39 Å². The van der Waals surface area contributed by atoms with E-state index in [1.54, 1.807) is 6.92 Å². The van der Waals surface area contributed by atoms with Gasteiger partial charge < -0.3 is 13.6 Å². The fraction of sp³-hybridized carbons (Fsp3) is 0.158. The second-order valence-corrected chi connectivity index (χ2v) is 6.35. The number of oxazole rings is 1. The molecule has 0 fully saturated rings. The number of carbonyl (C=O) groups excluding carboxylic acids is 1. The monoisotopic (exact) mass is 353 g/mol. The molecule has 5 nitrogen and oxygen atoms in total. The largest absolute Gasteiger partial charge is 0.466 e. The van der Waals surface area contributed by atoms with Crippen molar-refractivity contribution in [1.82, 2.24) is 4.98 Å². The molecule has 4 aromatic rings. The molecule has 0 bridgehead atoms. The van der Waals surface area contributed by atoms with Crippen LogP contribution in [0.5, 0.6) is 0 Å². The molecular formula is C19H15NO4S. The molecular weight excluding hydrogens is 338 g/mol. The fourth-order valence-corrected chi connectivity index (χ4v) is 3.34. The number of aromatic nitrogens is 1. The van der Waals surface area contributed by atoms with E-state index in [9.17, 15) is 4.79 Å². The van der Waals surface area contributed by atoms with Crippen LogP contribution in [0.3, 0.4) is 0 Å². The predicted octanol–water partition coefficient (Wildman–Crippen LogP) is 4.92. The summed E-state index contributed by atoms with van der Waals surface area (Å²) in [6, 6.07) is 13.5. The molecule has 0 amide bonds. The van der Waals surface area contributed by atoms with E-state index < -0.39 is 0 Å². The standard InChI is InChI=1S/C19H15NO4S/c1-2-22-17(21)11-13-18(16-8-5-9-25-16)24-19(20-13)15-10-12-6-3-4-7-14(12)23-15/h3-10H,2,11H2,1H3. The van der Waals surface area contributed by atoms with Crippen molar-refractivity contribution in [2.45, 2.75) is 13.3 Å². The highest BCUT2D eigenvalue weighted by Crippen LogP contribution is 2.35. The molecule has 0 aliphatic heterocycles. The Morgan fingerprint density at radius 3 is 2.84 bits per heavy atom. The number of para-hydroxylation sites is 1. The third-order valence-corrected chi connectivity index (χ3v) is 4.56. The lowest BCUT2D eigenvalue weighted by Crippen LogP contribution is -2.08. The Kier molecular flexibility index (Phi) is 4.11. The fourth-order valence-electron chi connectivity index (χ4n) is 2.61. The summed E-state index contributed by atoms with van der Waals surface area (Å²) in [5, 5.41) is 2.92. The Morgan fingerprint density at radius 2 is 2.08 bits per heavy atom. The zero-order chi connectivity index (χ0) is 17.2. The number of esters is 1. The van der Waals surface area contributed by atoms with Gasteiger partial charge >= 0.3 is 5.97 Å². The van der Waals surface area contributed by atoms with Crippen LogP contribution in [-0.2, 0) is 16.0 Å². The van der Waals surface area contributed by atoms with Crippen molar-refractivity contribution in [1.29, 1.82) is 0 Å². The maximum absolute atomic E-state index is 11.9. The van der Waals surface area contributed by atoms with Crippen LogP contribution in [0.2, 0.25) is 0 Å². The van der Waals surface area contributed by atoms with Gasteiger partial charge in [0.25, 0.3) is 5.89 Å². The number of benzene rings is 1. The molecule has 3 aromatic heterocycles. The van der Waals surface area contributed by atoms with Crippen LogP contribution in [0.25, 0.3) is 33.3 Å². The number of fused-ring (bicyclic) bond motifs is 1. The molecule has 0 aliphatic rings. The lowest BCUT2D eigenvalue weighted by Gasteiger charge is -1.99. The Labute approximate surface area is 147 Å². The highest BCUT2D eigenvalue weighted by molar-refractivity contribution is 7.13. The number of hydrogen-bond acceptors (Lipinski definition) is 6. The van der Waals surface area contributed by atoms with E-state index in [2.05, 4.69) is 4.98 Å². The van der Waals surface area contributed by atoms with Gasteiger partial charge in [-0.3, -0.25) is 4.79 Å². The summed E-state index contributed by atoms with van der Waals surface area (Å²) < 4.78 is 16.8. The van der Waals surface area contributed by atoms with E-state index in [0.29, 0.717) is 29.7 Å². The molecule has 0 N–H and O–H groups in total. The van der Waals surface area contributed by atoms with E-state index in [-0.39, 0.29) is 12.4 Å². The molecule has 0 aliphatic carbocycles. The molecule has 126 valence electrons. The minimum absolute atomic E-state index is 0.0603. The molecule has 0 atom stereocenters. The molecule has 0 spiro atoms. The quantitative estimate of drug-likeness (QED) is 0.476. The van der Waals surface area contributed by atoms with Crippen LogP contribution >= 0.6 is 11.3 Å². The number of hydrogen-bond donors (Lipinski definition) is 0. The molecule has 1 aromatic carbocycles. The Hall–Kier alpha value is -2.86. The van der Waals surface area contributed by atoms with Crippen molar-refractivity contribution >= 4 is 28.3 Å². The SMILES string of the molecule is CCOC(=O)Cc1nc(-c2cc3ccccc3o2)oc1-c1cccs1. The predicted molar refractivity (Wildman–Crippen MR) is 95.4 cm³/mol. The minimum Gasteiger partial charge on any atom is -0.466 e. The summed E-state index contributed by atoms with van der Waals surface area (Å²) >= 11 is 1.53. The van der Waals surface area contributed by atoms with E-state index in [4.69, 9.17) is 13.6 Å². The summed E-state index contributed by atoms with van der Waals surface area (Å²) in [4.78, 5) is 17.3. The molecule has 0 saturated carbocycles. The van der Waals surface area contributed by atoms with Gasteiger partial charge in [-0.1, -0.05) is 24.3 Å². The Bertz CT molecular complexity index is 980. The third-order valence-electron chi connectivity index (χ3n) is 3.70. The van der Waals surface area contributed by atoms with Gasteiger partial charge in [0.05, 0.1) is 23.6 Å². The van der Waals surface area contributed by atoms with E-state index in [1.165, 1.54) is 11.3 Å². The van der Waals surface area contributed by atoms with Gasteiger partial charge in [-0.25, -0.2) is 4.98 Å². The first-order chi connectivity index (χ1) is 12.2. The van der Waals surface area contributed by atoms with Gasteiger partial charge in [0.1, 0.15) is 5.58 Å². The summed E-state index contributed by atoms with van der Waals surface area (Å²) in [6.07, 6.45) is 0.0603. The van der Waals surface area contributed by atoms with Crippen molar-refractivity contribution in [3.05, 3.63) is 53.5 Å². The maximum atomic E-state index is 11.9. The third kappa shape index (κ3) is 3.08. The Morgan fingerprint density at radius 1 is 1.20 bits per heavy atom. The highest BCUT2D eigenvalue weighted by atomic mass is 32.1. The average Bonchev–Trinajstić information content (AvgIpc) is 3.33. The smallest absolute Gasteiger partial charge is 0.312 e. The van der Waals surface area contributed by atoms with E-state index >= 15 is 0 Å². The van der Waals surface area contributed by atoms with Gasteiger partial charge in [-0.05, 0) is 30.5 Å². The number of carbonyl (C=O) groups is 1. The number of rotatable bonds is 5. The number of furan rings is 1. The lowest BCUT2D eigenvalue weighted by molar-refractivity contribution is -0.142. The van der Waals surface area contributed by atoms with Crippen LogP contribution in [0, 0.1) is 0 Å². The van der Waals surface area contributed by atoms with E-state index in [0.717, 1.165) is 15.8 Å². The van der Waals surface area contributed by atoms with Crippen LogP contribution in [0.4, 0.5) is 0 Å². The molecule has 6 heteroatoms. The van der Waals surface area contributed by atoms with Crippen LogP contribution in [-0.4, -0.2) is 17.6 Å². The van der Waals surface area contributed by atoms with Crippen LogP contribution < -0.4 is 0 Å². The van der Waals surface area contributed by atoms with Crippen molar-refractivity contribution < 1.29 is 18.4 Å². The zero-order valence-corrected chi connectivity index (χ0v) is 14.3. The van der Waals surface area contributed by atoms with Crippen molar-refractivity contribution in [2.75, 3.05) is 6.61 Å². The average molecular weight is 353 g/mol. The van der Waals surface area contributed by atoms with Crippen molar-refractivity contribution in [2.24, 2.45) is 0 Å². The normalized spacial score (nSPS) is 11.1. The number of ether oxygens (including phenoxy) is 1. The van der Waals surface area contributed by atoms with Crippen LogP contribution in [0.15, 0.2) is 56.7 Å². The van der Waals surface area contributed by atoms with Crippen LogP contribution in [0.1, 0.15) is 12.6 Å². The van der Waals surface area contributed by atoms with Gasteiger partial charge in [0.2, 0.25) is 0 Å². The number of nitrogens with zero attached hydrogens (tertiary/aromatic N) is 1. The summed E-state index contributed by atoms with van der Waals surface area (Å²) in [6.45, 7) is 2.11. The molecule has 0 saturated heterocycles. The lowest BCUT2D eigenvalue weighted by atomic mass is 10.2. The topological polar surface area (TPSA) is 65.5 Å². The molecule has 0 unspecified atom stereocenters. The maximum Gasteiger partial charge on any atom is 0.312 e. The summed E-state index contributed by atoms with van der Waals surface area (Å²) in [5.74, 6) is 1.15. The molecule has 4 rings (SSSR count). The summed E-state index contributed by atoms with van der Waals surface area (Å²) in [7, 11) is 0. The van der Waals surface area contributed by atoms with E-state index in [1.807, 2.05) is 47.8 Å². The first-order valence-electron chi connectivity index (χ1n) is 7.92. The number of thiophene rings is 1. The minimum atomic E-state index is -0.329. The second-order valence-electron chi connectivity index (χ2n) is 5.40. The first kappa shape index (κ1) is 15.7. The first-order valence-corrected chi connectivity index (χ1v) is 8.80.